The molecule has 3 aromatic rings. The second kappa shape index (κ2) is 8.27. The lowest BCUT2D eigenvalue weighted by Crippen LogP contribution is -2.39. The van der Waals surface area contributed by atoms with Gasteiger partial charge in [0.1, 0.15) is 0 Å². The Kier molecular flexibility index (Phi) is 5.64. The second-order valence-electron chi connectivity index (χ2n) is 7.38. The predicted octanol–water partition coefficient (Wildman–Crippen LogP) is 4.70. The van der Waals surface area contributed by atoms with Crippen LogP contribution in [0, 0.1) is 0 Å². The first kappa shape index (κ1) is 21.8. The first-order chi connectivity index (χ1) is 15.1. The van der Waals surface area contributed by atoms with E-state index in [-0.39, 0.29) is 18.0 Å². The van der Waals surface area contributed by atoms with E-state index in [0.717, 1.165) is 22.9 Å². The van der Waals surface area contributed by atoms with Gasteiger partial charge < -0.3 is 0 Å². The highest BCUT2D eigenvalue weighted by Gasteiger charge is 2.31. The number of nitrogens with one attached hydrogen (secondary N) is 1. The molecule has 0 bridgehead atoms. The summed E-state index contributed by atoms with van der Waals surface area (Å²) in [5.74, 6) is -1.28. The zero-order chi connectivity index (χ0) is 23.0. The molecule has 2 heterocycles. The largest absolute Gasteiger partial charge is 0.417 e. The molecular formula is C23H16ClF3N2O3. The molecule has 2 aromatic carbocycles. The van der Waals surface area contributed by atoms with Crippen LogP contribution in [0.25, 0.3) is 16.8 Å². The number of rotatable bonds is 3. The van der Waals surface area contributed by atoms with Crippen LogP contribution in [0.1, 0.15) is 29.9 Å². The summed E-state index contributed by atoms with van der Waals surface area (Å²) in [4.78, 5) is 35.7. The molecule has 1 saturated heterocycles. The summed E-state index contributed by atoms with van der Waals surface area (Å²) >= 11 is 6.59. The second-order valence-corrected chi connectivity index (χ2v) is 7.76. The molecule has 1 unspecified atom stereocenters. The fourth-order valence-corrected chi connectivity index (χ4v) is 4.06. The van der Waals surface area contributed by atoms with Crippen LogP contribution in [0.15, 0.2) is 65.6 Å². The quantitative estimate of drug-likeness (QED) is 0.576. The number of amides is 2. The van der Waals surface area contributed by atoms with E-state index in [1.807, 2.05) is 0 Å². The molecule has 32 heavy (non-hydrogen) atoms. The summed E-state index contributed by atoms with van der Waals surface area (Å²) in [6.45, 7) is 0. The standard InChI is InChI=1S/C23H16ClF3N2O3/c24-21-16(2-1-3-17(21)18-9-10-19(30)28-22(18)32)13-4-7-15(8-5-13)29-12-14(23(25,26)27)6-11-20(29)31/h1-8,11-12,18H,9-10H2,(H,28,30,32). The molecule has 164 valence electrons. The molecule has 0 spiro atoms. The lowest BCUT2D eigenvalue weighted by Gasteiger charge is -2.23. The van der Waals surface area contributed by atoms with Gasteiger partial charge in [0.05, 0.1) is 16.5 Å². The van der Waals surface area contributed by atoms with Gasteiger partial charge >= 0.3 is 6.18 Å². The Morgan fingerprint density at radius 1 is 0.969 bits per heavy atom. The van der Waals surface area contributed by atoms with Crippen molar-refractivity contribution in [3.8, 4) is 16.8 Å². The molecule has 5 nitrogen and oxygen atoms in total. The average molecular weight is 461 g/mol. The number of hydrogen-bond donors (Lipinski definition) is 1. The molecule has 4 rings (SSSR count). The SMILES string of the molecule is O=C1CCC(c2cccc(-c3ccc(-n4cc(C(F)(F)F)ccc4=O)cc3)c2Cl)C(=O)N1. The van der Waals surface area contributed by atoms with Gasteiger partial charge in [-0.2, -0.15) is 13.2 Å². The first-order valence-electron chi connectivity index (χ1n) is 9.68. The molecule has 1 aliphatic rings. The van der Waals surface area contributed by atoms with Crippen molar-refractivity contribution in [2.75, 3.05) is 0 Å². The van der Waals surface area contributed by atoms with Crippen LogP contribution < -0.4 is 10.9 Å². The fourth-order valence-electron chi connectivity index (χ4n) is 3.69. The lowest BCUT2D eigenvalue weighted by molar-refractivity contribution is -0.138. The van der Waals surface area contributed by atoms with Gasteiger partial charge in [-0.1, -0.05) is 41.9 Å². The zero-order valence-electron chi connectivity index (χ0n) is 16.4. The Morgan fingerprint density at radius 2 is 1.69 bits per heavy atom. The molecule has 1 atom stereocenters. The Morgan fingerprint density at radius 3 is 2.34 bits per heavy atom. The van der Waals surface area contributed by atoms with Gasteiger partial charge in [-0.25, -0.2) is 0 Å². The molecule has 1 aliphatic heterocycles. The fraction of sp³-hybridized carbons (Fsp3) is 0.174. The Hall–Kier alpha value is -3.39. The van der Waals surface area contributed by atoms with Crippen molar-refractivity contribution in [2.45, 2.75) is 24.9 Å². The third-order valence-corrected chi connectivity index (χ3v) is 5.76. The number of piperidine rings is 1. The van der Waals surface area contributed by atoms with Gasteiger partial charge in [-0.05, 0) is 35.7 Å². The van der Waals surface area contributed by atoms with Crippen LogP contribution in [0.5, 0.6) is 0 Å². The van der Waals surface area contributed by atoms with Crippen molar-refractivity contribution in [3.05, 3.63) is 87.3 Å². The van der Waals surface area contributed by atoms with Crippen molar-refractivity contribution < 1.29 is 22.8 Å². The molecule has 9 heteroatoms. The van der Waals surface area contributed by atoms with Gasteiger partial charge in [0.2, 0.25) is 11.8 Å². The maximum absolute atomic E-state index is 13.0. The summed E-state index contributed by atoms with van der Waals surface area (Å²) in [5, 5.41) is 2.66. The molecule has 2 amide bonds. The Bertz CT molecular complexity index is 1270. The highest BCUT2D eigenvalue weighted by atomic mass is 35.5. The average Bonchev–Trinajstić information content (AvgIpc) is 2.74. The van der Waals surface area contributed by atoms with E-state index in [2.05, 4.69) is 5.32 Å². The van der Waals surface area contributed by atoms with Crippen molar-refractivity contribution >= 4 is 23.4 Å². The van der Waals surface area contributed by atoms with Crippen molar-refractivity contribution in [1.29, 1.82) is 0 Å². The van der Waals surface area contributed by atoms with Gasteiger partial charge in [0.15, 0.2) is 0 Å². The van der Waals surface area contributed by atoms with Crippen molar-refractivity contribution in [2.24, 2.45) is 0 Å². The van der Waals surface area contributed by atoms with Crippen molar-refractivity contribution in [3.63, 3.8) is 0 Å². The number of hydrogen-bond acceptors (Lipinski definition) is 3. The highest BCUT2D eigenvalue weighted by molar-refractivity contribution is 6.34. The number of aromatic nitrogens is 1. The summed E-state index contributed by atoms with van der Waals surface area (Å²) in [7, 11) is 0. The minimum absolute atomic E-state index is 0.220. The van der Waals surface area contributed by atoms with E-state index in [4.69, 9.17) is 11.6 Å². The number of pyridine rings is 1. The van der Waals surface area contributed by atoms with Crippen LogP contribution in [0.2, 0.25) is 5.02 Å². The maximum Gasteiger partial charge on any atom is 0.417 e. The Labute approximate surface area is 185 Å². The topological polar surface area (TPSA) is 68.2 Å². The van der Waals surface area contributed by atoms with Crippen LogP contribution in [0.4, 0.5) is 13.2 Å². The molecule has 0 radical (unpaired) electrons. The summed E-state index contributed by atoms with van der Waals surface area (Å²) < 4.78 is 39.9. The minimum Gasteiger partial charge on any atom is -0.296 e. The van der Waals surface area contributed by atoms with Gasteiger partial charge in [0.25, 0.3) is 5.56 Å². The molecule has 0 saturated carbocycles. The van der Waals surface area contributed by atoms with E-state index in [1.165, 1.54) is 12.1 Å². The van der Waals surface area contributed by atoms with E-state index >= 15 is 0 Å². The lowest BCUT2D eigenvalue weighted by atomic mass is 9.88. The van der Waals surface area contributed by atoms with Gasteiger partial charge in [-0.15, -0.1) is 0 Å². The van der Waals surface area contributed by atoms with E-state index in [1.54, 1.807) is 30.3 Å². The van der Waals surface area contributed by atoms with Gasteiger partial charge in [0, 0.05) is 29.9 Å². The van der Waals surface area contributed by atoms with Crippen LogP contribution >= 0.6 is 11.6 Å². The van der Waals surface area contributed by atoms with Gasteiger partial charge in [-0.3, -0.25) is 24.3 Å². The van der Waals surface area contributed by atoms with E-state index < -0.39 is 29.1 Å². The third-order valence-electron chi connectivity index (χ3n) is 5.34. The third kappa shape index (κ3) is 4.18. The summed E-state index contributed by atoms with van der Waals surface area (Å²) in [6, 6.07) is 13.1. The normalized spacial score (nSPS) is 16.7. The highest BCUT2D eigenvalue weighted by Crippen LogP contribution is 2.37. The monoisotopic (exact) mass is 460 g/mol. The summed E-state index contributed by atoms with van der Waals surface area (Å²) in [5.41, 5.74) is 0.615. The number of carbonyl (C=O) groups excluding carboxylic acids is 2. The predicted molar refractivity (Wildman–Crippen MR) is 113 cm³/mol. The van der Waals surface area contributed by atoms with Crippen LogP contribution in [-0.2, 0) is 15.8 Å². The van der Waals surface area contributed by atoms with E-state index in [0.29, 0.717) is 28.1 Å². The smallest absolute Gasteiger partial charge is 0.296 e. The van der Waals surface area contributed by atoms with Crippen molar-refractivity contribution in [1.82, 2.24) is 9.88 Å². The molecule has 1 aromatic heterocycles. The zero-order valence-corrected chi connectivity index (χ0v) is 17.2. The summed E-state index contributed by atoms with van der Waals surface area (Å²) in [6.07, 6.45) is -3.24. The molecule has 0 aliphatic carbocycles. The number of halogens is 4. The number of benzene rings is 2. The van der Waals surface area contributed by atoms with E-state index in [9.17, 15) is 27.6 Å². The number of carbonyl (C=O) groups is 2. The molecular weight excluding hydrogens is 445 g/mol. The Balaban J connectivity index is 1.68. The van der Waals surface area contributed by atoms with Crippen LogP contribution in [-0.4, -0.2) is 16.4 Å². The minimum atomic E-state index is -4.57. The maximum atomic E-state index is 13.0. The molecule has 1 N–H and O–H groups in total. The number of imide groups is 1. The van der Waals surface area contributed by atoms with Crippen LogP contribution in [0.3, 0.4) is 0 Å². The number of nitrogens with zero attached hydrogens (tertiary/aromatic N) is 1. The molecule has 1 fully saturated rings. The number of alkyl halides is 3. The first-order valence-corrected chi connectivity index (χ1v) is 10.1.